The van der Waals surface area contributed by atoms with Gasteiger partial charge in [0.05, 0.1) is 11.6 Å². The molecule has 116 valence electrons. The van der Waals surface area contributed by atoms with E-state index >= 15 is 0 Å². The van der Waals surface area contributed by atoms with Crippen molar-refractivity contribution in [3.63, 3.8) is 0 Å². The van der Waals surface area contributed by atoms with Crippen molar-refractivity contribution in [3.05, 3.63) is 42.5 Å². The number of carbonyl (C=O) groups excluding carboxylic acids is 2. The molecule has 3 rings (SSSR count). The summed E-state index contributed by atoms with van der Waals surface area (Å²) >= 11 is 0. The van der Waals surface area contributed by atoms with Gasteiger partial charge in [0, 0.05) is 17.9 Å². The number of carbonyl (C=O) groups is 2. The Hall–Kier alpha value is -2.14. The smallest absolute Gasteiger partial charge is 0.251 e. The molecule has 2 N–H and O–H groups in total. The van der Waals surface area contributed by atoms with Gasteiger partial charge in [0.1, 0.15) is 0 Å². The molecule has 0 radical (unpaired) electrons. The third-order valence-corrected chi connectivity index (χ3v) is 4.27. The van der Waals surface area contributed by atoms with E-state index in [1.165, 1.54) is 6.08 Å². The molecule has 2 amide bonds. The first kappa shape index (κ1) is 14.8. The molecule has 0 aromatic heterocycles. The van der Waals surface area contributed by atoms with Gasteiger partial charge in [-0.3, -0.25) is 9.59 Å². The van der Waals surface area contributed by atoms with Gasteiger partial charge in [0.25, 0.3) is 5.91 Å². The molecule has 2 aliphatic rings. The van der Waals surface area contributed by atoms with E-state index < -0.39 is 0 Å². The normalized spacial score (nSPS) is 21.9. The standard InChI is InChI=1S/C17H20N2O3/c1-2-15(20)18-13-6-3-5-12(11-13)16(21)19-17(8-9-17)14-7-4-10-22-14/h2-3,5-6,11,14H,1,4,7-10H2,(H,18,20)(H,19,21). The molecule has 1 aliphatic carbocycles. The van der Waals surface area contributed by atoms with Crippen molar-refractivity contribution in [2.24, 2.45) is 0 Å². The summed E-state index contributed by atoms with van der Waals surface area (Å²) in [6.07, 6.45) is 5.34. The van der Waals surface area contributed by atoms with Crippen LogP contribution in [0.4, 0.5) is 5.69 Å². The first-order valence-corrected chi connectivity index (χ1v) is 7.60. The van der Waals surface area contributed by atoms with Crippen LogP contribution in [0.1, 0.15) is 36.0 Å². The zero-order valence-corrected chi connectivity index (χ0v) is 12.4. The second-order valence-corrected chi connectivity index (χ2v) is 5.89. The van der Waals surface area contributed by atoms with Gasteiger partial charge >= 0.3 is 0 Å². The first-order valence-electron chi connectivity index (χ1n) is 7.60. The zero-order valence-electron chi connectivity index (χ0n) is 12.4. The van der Waals surface area contributed by atoms with Crippen molar-refractivity contribution in [1.29, 1.82) is 0 Å². The van der Waals surface area contributed by atoms with E-state index in [9.17, 15) is 9.59 Å². The van der Waals surface area contributed by atoms with E-state index in [4.69, 9.17) is 4.74 Å². The minimum Gasteiger partial charge on any atom is -0.376 e. The summed E-state index contributed by atoms with van der Waals surface area (Å²) in [4.78, 5) is 23.8. The van der Waals surface area contributed by atoms with E-state index in [-0.39, 0.29) is 23.5 Å². The predicted octanol–water partition coefficient (Wildman–Crippen LogP) is 2.25. The number of nitrogens with one attached hydrogen (secondary N) is 2. The number of hydrogen-bond acceptors (Lipinski definition) is 3. The Morgan fingerprint density at radius 1 is 1.36 bits per heavy atom. The minimum absolute atomic E-state index is 0.122. The topological polar surface area (TPSA) is 67.4 Å². The van der Waals surface area contributed by atoms with Gasteiger partial charge in [-0.15, -0.1) is 0 Å². The monoisotopic (exact) mass is 300 g/mol. The summed E-state index contributed by atoms with van der Waals surface area (Å²) in [5.41, 5.74) is 0.930. The maximum atomic E-state index is 12.5. The molecule has 1 aromatic rings. The number of benzene rings is 1. The van der Waals surface area contributed by atoms with E-state index in [0.29, 0.717) is 11.3 Å². The molecule has 1 aliphatic heterocycles. The molecule has 0 bridgehead atoms. The largest absolute Gasteiger partial charge is 0.376 e. The Kier molecular flexibility index (Phi) is 3.98. The lowest BCUT2D eigenvalue weighted by molar-refractivity contribution is -0.111. The predicted molar refractivity (Wildman–Crippen MR) is 83.7 cm³/mol. The van der Waals surface area contributed by atoms with Crippen LogP contribution in [0.2, 0.25) is 0 Å². The van der Waals surface area contributed by atoms with Crippen LogP contribution in [-0.2, 0) is 9.53 Å². The van der Waals surface area contributed by atoms with Crippen LogP contribution in [0.25, 0.3) is 0 Å². The number of rotatable bonds is 5. The Balaban J connectivity index is 1.68. The fraction of sp³-hybridized carbons (Fsp3) is 0.412. The van der Waals surface area contributed by atoms with Crippen molar-refractivity contribution in [1.82, 2.24) is 5.32 Å². The summed E-state index contributed by atoms with van der Waals surface area (Å²) in [5, 5.41) is 5.78. The molecule has 0 spiro atoms. The molecule has 1 saturated heterocycles. The fourth-order valence-corrected chi connectivity index (χ4v) is 2.91. The lowest BCUT2D eigenvalue weighted by Gasteiger charge is -2.23. The molecule has 2 fully saturated rings. The minimum atomic E-state index is -0.296. The summed E-state index contributed by atoms with van der Waals surface area (Å²) < 4.78 is 5.73. The van der Waals surface area contributed by atoms with Crippen molar-refractivity contribution >= 4 is 17.5 Å². The molecule has 5 nitrogen and oxygen atoms in total. The fourth-order valence-electron chi connectivity index (χ4n) is 2.91. The first-order chi connectivity index (χ1) is 10.6. The van der Waals surface area contributed by atoms with Crippen LogP contribution in [0.15, 0.2) is 36.9 Å². The number of ether oxygens (including phenoxy) is 1. The Morgan fingerprint density at radius 2 is 2.18 bits per heavy atom. The van der Waals surface area contributed by atoms with Gasteiger partial charge in [-0.25, -0.2) is 0 Å². The van der Waals surface area contributed by atoms with Crippen molar-refractivity contribution in [2.75, 3.05) is 11.9 Å². The quantitative estimate of drug-likeness (QED) is 0.820. The third-order valence-electron chi connectivity index (χ3n) is 4.27. The molecule has 1 heterocycles. The van der Waals surface area contributed by atoms with Crippen LogP contribution in [0.3, 0.4) is 0 Å². The molecule has 1 atom stereocenters. The van der Waals surface area contributed by atoms with E-state index in [1.807, 2.05) is 0 Å². The zero-order chi connectivity index (χ0) is 15.6. The van der Waals surface area contributed by atoms with Crippen molar-refractivity contribution in [2.45, 2.75) is 37.3 Å². The average molecular weight is 300 g/mol. The highest BCUT2D eigenvalue weighted by Gasteiger charge is 2.52. The van der Waals surface area contributed by atoms with Crippen molar-refractivity contribution in [3.8, 4) is 0 Å². The molecular weight excluding hydrogens is 280 g/mol. The van der Waals surface area contributed by atoms with E-state index in [0.717, 1.165) is 32.3 Å². The summed E-state index contributed by atoms with van der Waals surface area (Å²) in [6.45, 7) is 4.19. The number of anilines is 1. The van der Waals surface area contributed by atoms with E-state index in [1.54, 1.807) is 24.3 Å². The van der Waals surface area contributed by atoms with E-state index in [2.05, 4.69) is 17.2 Å². The van der Waals surface area contributed by atoms with Gasteiger partial charge in [0.15, 0.2) is 0 Å². The number of amides is 2. The maximum Gasteiger partial charge on any atom is 0.251 e. The van der Waals surface area contributed by atoms with Crippen LogP contribution in [0, 0.1) is 0 Å². The summed E-state index contributed by atoms with van der Waals surface area (Å²) in [5.74, 6) is -0.418. The maximum absolute atomic E-state index is 12.5. The molecule has 1 aromatic carbocycles. The highest BCUT2D eigenvalue weighted by Crippen LogP contribution is 2.43. The van der Waals surface area contributed by atoms with Crippen molar-refractivity contribution < 1.29 is 14.3 Å². The SMILES string of the molecule is C=CC(=O)Nc1cccc(C(=O)NC2(C3CCCO3)CC2)c1. The summed E-state index contributed by atoms with van der Waals surface area (Å²) in [7, 11) is 0. The molecule has 1 unspecified atom stereocenters. The Morgan fingerprint density at radius 3 is 2.82 bits per heavy atom. The van der Waals surface area contributed by atoms with Gasteiger partial charge in [-0.2, -0.15) is 0 Å². The molecule has 22 heavy (non-hydrogen) atoms. The average Bonchev–Trinajstić information content (AvgIpc) is 3.09. The van der Waals surface area contributed by atoms with Crippen LogP contribution >= 0.6 is 0 Å². The second kappa shape index (κ2) is 5.93. The van der Waals surface area contributed by atoms with Gasteiger partial charge in [0.2, 0.25) is 5.91 Å². The molecular formula is C17H20N2O3. The second-order valence-electron chi connectivity index (χ2n) is 5.89. The van der Waals surface area contributed by atoms with Gasteiger partial charge in [-0.05, 0) is 50.0 Å². The third kappa shape index (κ3) is 3.04. The highest BCUT2D eigenvalue weighted by molar-refractivity contribution is 6.01. The van der Waals surface area contributed by atoms with Gasteiger partial charge in [-0.1, -0.05) is 12.6 Å². The number of hydrogen-bond donors (Lipinski definition) is 2. The van der Waals surface area contributed by atoms with Crippen LogP contribution in [0.5, 0.6) is 0 Å². The Labute approximate surface area is 129 Å². The van der Waals surface area contributed by atoms with Crippen LogP contribution < -0.4 is 10.6 Å². The molecule has 5 heteroatoms. The van der Waals surface area contributed by atoms with Crippen LogP contribution in [-0.4, -0.2) is 30.1 Å². The Bertz CT molecular complexity index is 602. The summed E-state index contributed by atoms with van der Waals surface area (Å²) in [6, 6.07) is 6.90. The molecule has 1 saturated carbocycles. The van der Waals surface area contributed by atoms with Gasteiger partial charge < -0.3 is 15.4 Å². The lowest BCUT2D eigenvalue weighted by atomic mass is 10.0. The lowest BCUT2D eigenvalue weighted by Crippen LogP contribution is -2.45. The highest BCUT2D eigenvalue weighted by atomic mass is 16.5.